The molecule has 2 aromatic carbocycles. The molecule has 128 valence electrons. The molecule has 0 aliphatic carbocycles. The van der Waals surface area contributed by atoms with Crippen LogP contribution in [0, 0.1) is 0 Å². The maximum Gasteiger partial charge on any atom is 0.315 e. The van der Waals surface area contributed by atoms with Gasteiger partial charge in [0.05, 0.1) is 12.6 Å². The van der Waals surface area contributed by atoms with E-state index in [1.54, 1.807) is 11.0 Å². The molecule has 0 radical (unpaired) electrons. The number of hydrogen-bond donors (Lipinski definition) is 2. The molecule has 1 heterocycles. The van der Waals surface area contributed by atoms with E-state index in [4.69, 9.17) is 0 Å². The first-order valence-electron chi connectivity index (χ1n) is 8.21. The molecule has 2 N–H and O–H groups in total. The third-order valence-corrected chi connectivity index (χ3v) is 4.00. The van der Waals surface area contributed by atoms with Crippen molar-refractivity contribution in [2.24, 2.45) is 0 Å². The summed E-state index contributed by atoms with van der Waals surface area (Å²) in [5.74, 6) is 0. The molecule has 6 nitrogen and oxygen atoms in total. The zero-order valence-electron chi connectivity index (χ0n) is 14.1. The van der Waals surface area contributed by atoms with E-state index in [9.17, 15) is 4.79 Å². The normalized spacial score (nSPS) is 11.7. The number of carbonyl (C=O) groups is 1. The second kappa shape index (κ2) is 8.10. The first kappa shape index (κ1) is 16.7. The van der Waals surface area contributed by atoms with Crippen LogP contribution >= 0.6 is 0 Å². The van der Waals surface area contributed by atoms with Crippen LogP contribution in [0.25, 0.3) is 0 Å². The summed E-state index contributed by atoms with van der Waals surface area (Å²) in [5, 5.41) is 10.0. The van der Waals surface area contributed by atoms with Gasteiger partial charge >= 0.3 is 6.03 Å². The van der Waals surface area contributed by atoms with E-state index in [0.717, 1.165) is 16.7 Å². The van der Waals surface area contributed by atoms with Gasteiger partial charge in [-0.05, 0) is 23.6 Å². The molecule has 0 fully saturated rings. The van der Waals surface area contributed by atoms with Gasteiger partial charge in [0.15, 0.2) is 0 Å². The van der Waals surface area contributed by atoms with E-state index in [0.29, 0.717) is 13.1 Å². The van der Waals surface area contributed by atoms with Gasteiger partial charge in [0, 0.05) is 6.54 Å². The van der Waals surface area contributed by atoms with Gasteiger partial charge in [0.2, 0.25) is 0 Å². The minimum atomic E-state index is -0.188. The van der Waals surface area contributed by atoms with Crippen LogP contribution in [0.2, 0.25) is 0 Å². The number of nitrogens with one attached hydrogen (secondary N) is 2. The van der Waals surface area contributed by atoms with Crippen LogP contribution in [0.15, 0.2) is 67.3 Å². The summed E-state index contributed by atoms with van der Waals surface area (Å²) >= 11 is 0. The van der Waals surface area contributed by atoms with E-state index in [2.05, 4.69) is 20.7 Å². The van der Waals surface area contributed by atoms with Crippen molar-refractivity contribution in [2.75, 3.05) is 0 Å². The molecule has 3 aromatic rings. The molecule has 0 saturated heterocycles. The molecule has 6 heteroatoms. The Morgan fingerprint density at radius 1 is 1.08 bits per heavy atom. The van der Waals surface area contributed by atoms with Crippen LogP contribution in [-0.2, 0) is 13.1 Å². The lowest BCUT2D eigenvalue weighted by molar-refractivity contribution is 0.237. The number of urea groups is 1. The van der Waals surface area contributed by atoms with Crippen molar-refractivity contribution in [1.29, 1.82) is 0 Å². The molecule has 3 rings (SSSR count). The average molecular weight is 335 g/mol. The van der Waals surface area contributed by atoms with Crippen molar-refractivity contribution in [3.05, 3.63) is 83.9 Å². The summed E-state index contributed by atoms with van der Waals surface area (Å²) in [4.78, 5) is 16.1. The Hall–Kier alpha value is -3.15. The molecule has 0 spiro atoms. The fourth-order valence-corrected chi connectivity index (χ4v) is 2.62. The SMILES string of the molecule is CC(NC(=O)NCc1ccccc1Cn1cncn1)c1ccccc1. The van der Waals surface area contributed by atoms with Crippen LogP contribution in [-0.4, -0.2) is 20.8 Å². The Bertz CT molecular complexity index is 802. The standard InChI is InChI=1S/C19H21N5O/c1-15(16-7-3-2-4-8-16)23-19(25)21-11-17-9-5-6-10-18(17)12-24-14-20-13-22-24/h2-10,13-15H,11-12H2,1H3,(H2,21,23,25). The largest absolute Gasteiger partial charge is 0.334 e. The van der Waals surface area contributed by atoms with Gasteiger partial charge in [-0.1, -0.05) is 54.6 Å². The monoisotopic (exact) mass is 335 g/mol. The maximum absolute atomic E-state index is 12.2. The fourth-order valence-electron chi connectivity index (χ4n) is 2.62. The molecule has 25 heavy (non-hydrogen) atoms. The first-order chi connectivity index (χ1) is 12.2. The smallest absolute Gasteiger partial charge is 0.315 e. The molecule has 1 atom stereocenters. The second-order valence-corrected chi connectivity index (χ2v) is 5.82. The van der Waals surface area contributed by atoms with Gasteiger partial charge in [-0.25, -0.2) is 14.5 Å². The quantitative estimate of drug-likeness (QED) is 0.727. The highest BCUT2D eigenvalue weighted by molar-refractivity contribution is 5.74. The number of aromatic nitrogens is 3. The van der Waals surface area contributed by atoms with Crippen LogP contribution in [0.3, 0.4) is 0 Å². The van der Waals surface area contributed by atoms with Crippen molar-refractivity contribution in [3.8, 4) is 0 Å². The van der Waals surface area contributed by atoms with Gasteiger partial charge in [-0.15, -0.1) is 0 Å². The number of benzene rings is 2. The van der Waals surface area contributed by atoms with Crippen molar-refractivity contribution in [3.63, 3.8) is 0 Å². The molecule has 0 bridgehead atoms. The number of amides is 2. The summed E-state index contributed by atoms with van der Waals surface area (Å²) in [5.41, 5.74) is 3.23. The lowest BCUT2D eigenvalue weighted by Crippen LogP contribution is -2.36. The highest BCUT2D eigenvalue weighted by Gasteiger charge is 2.10. The van der Waals surface area contributed by atoms with Gasteiger partial charge in [-0.3, -0.25) is 0 Å². The highest BCUT2D eigenvalue weighted by Crippen LogP contribution is 2.12. The van der Waals surface area contributed by atoms with Crippen LogP contribution in [0.4, 0.5) is 4.79 Å². The first-order valence-corrected chi connectivity index (χ1v) is 8.21. The van der Waals surface area contributed by atoms with Crippen molar-refractivity contribution in [1.82, 2.24) is 25.4 Å². The summed E-state index contributed by atoms with van der Waals surface area (Å²) in [6.07, 6.45) is 3.19. The molecule has 0 saturated carbocycles. The molecule has 0 aliphatic rings. The van der Waals surface area contributed by atoms with Crippen LogP contribution in [0.5, 0.6) is 0 Å². The van der Waals surface area contributed by atoms with Gasteiger partial charge in [0.25, 0.3) is 0 Å². The van der Waals surface area contributed by atoms with Crippen molar-refractivity contribution >= 4 is 6.03 Å². The van der Waals surface area contributed by atoms with E-state index < -0.39 is 0 Å². The van der Waals surface area contributed by atoms with E-state index >= 15 is 0 Å². The second-order valence-electron chi connectivity index (χ2n) is 5.82. The summed E-state index contributed by atoms with van der Waals surface area (Å²) in [6, 6.07) is 17.6. The van der Waals surface area contributed by atoms with E-state index in [1.807, 2.05) is 61.5 Å². The highest BCUT2D eigenvalue weighted by atomic mass is 16.2. The topological polar surface area (TPSA) is 71.8 Å². The fraction of sp³-hybridized carbons (Fsp3) is 0.211. The molecular formula is C19H21N5O. The van der Waals surface area contributed by atoms with Crippen LogP contribution < -0.4 is 10.6 Å². The minimum absolute atomic E-state index is 0.0495. The predicted octanol–water partition coefficient (Wildman–Crippen LogP) is 2.89. The lowest BCUT2D eigenvalue weighted by atomic mass is 10.1. The molecule has 2 amide bonds. The summed E-state index contributed by atoms with van der Waals surface area (Å²) in [7, 11) is 0. The third kappa shape index (κ3) is 4.67. The zero-order chi connectivity index (χ0) is 17.5. The Labute approximate surface area is 146 Å². The molecule has 0 aliphatic heterocycles. The molecular weight excluding hydrogens is 314 g/mol. The van der Waals surface area contributed by atoms with Gasteiger partial charge in [-0.2, -0.15) is 5.10 Å². The van der Waals surface area contributed by atoms with E-state index in [-0.39, 0.29) is 12.1 Å². The van der Waals surface area contributed by atoms with Gasteiger partial charge < -0.3 is 10.6 Å². The zero-order valence-corrected chi connectivity index (χ0v) is 14.1. The van der Waals surface area contributed by atoms with E-state index in [1.165, 1.54) is 6.33 Å². The maximum atomic E-state index is 12.2. The lowest BCUT2D eigenvalue weighted by Gasteiger charge is -2.16. The minimum Gasteiger partial charge on any atom is -0.334 e. The Kier molecular flexibility index (Phi) is 5.41. The average Bonchev–Trinajstić information content (AvgIpc) is 3.15. The number of nitrogens with zero attached hydrogens (tertiary/aromatic N) is 3. The van der Waals surface area contributed by atoms with Crippen molar-refractivity contribution in [2.45, 2.75) is 26.1 Å². The number of rotatable bonds is 6. The molecule has 1 aromatic heterocycles. The summed E-state index contributed by atoms with van der Waals surface area (Å²) in [6.45, 7) is 3.05. The molecule has 1 unspecified atom stereocenters. The van der Waals surface area contributed by atoms with Crippen molar-refractivity contribution < 1.29 is 4.79 Å². The van der Waals surface area contributed by atoms with Gasteiger partial charge in [0.1, 0.15) is 12.7 Å². The van der Waals surface area contributed by atoms with Crippen LogP contribution in [0.1, 0.15) is 29.7 Å². The predicted molar refractivity (Wildman–Crippen MR) is 95.8 cm³/mol. The number of hydrogen-bond acceptors (Lipinski definition) is 3. The Morgan fingerprint density at radius 3 is 2.52 bits per heavy atom. The number of carbonyl (C=O) groups excluding carboxylic acids is 1. The third-order valence-electron chi connectivity index (χ3n) is 4.00. The Balaban J connectivity index is 1.57. The Morgan fingerprint density at radius 2 is 1.80 bits per heavy atom. The summed E-state index contributed by atoms with van der Waals surface area (Å²) < 4.78 is 1.76.